The molecule has 5 rings (SSSR count). The second kappa shape index (κ2) is 23.1. The maximum absolute atomic E-state index is 9.80. The van der Waals surface area contributed by atoms with E-state index in [1.807, 2.05) is 69.5 Å². The Hall–Kier alpha value is -4.74. The van der Waals surface area contributed by atoms with Crippen molar-refractivity contribution in [1.82, 2.24) is 0 Å². The van der Waals surface area contributed by atoms with Crippen molar-refractivity contribution in [3.63, 3.8) is 0 Å². The third kappa shape index (κ3) is 14.2. The number of hydrogen-bond donors (Lipinski definition) is 4. The Morgan fingerprint density at radius 3 is 0.870 bits per heavy atom. The fraction of sp³-hybridized carbons (Fsp3) is 0.388. The third-order valence-corrected chi connectivity index (χ3v) is 9.94. The van der Waals surface area contributed by atoms with Gasteiger partial charge in [0.1, 0.15) is 23.0 Å². The predicted octanol–water partition coefficient (Wildman–Crippen LogP) is 13.2. The smallest absolute Gasteiger partial charge is 0.115 e. The van der Waals surface area contributed by atoms with Crippen molar-refractivity contribution in [1.29, 1.82) is 0 Å². The number of ether oxygens (including phenoxy) is 1. The second-order valence-electron chi connectivity index (χ2n) is 14.4. The van der Waals surface area contributed by atoms with Crippen molar-refractivity contribution >= 4 is 0 Å². The van der Waals surface area contributed by atoms with E-state index in [9.17, 15) is 20.4 Å². The molecule has 0 saturated heterocycles. The standard InChI is InChI=1S/C32H26O4.C15H32O.C2H6/c33-27-13-5-23(6-14-27)31(24-7-15-28(34)16-8-24)21-1-2-22(4-3-21)32(25-9-17-29(35)18-10-25)26-11-19-30(36)20-12-26;1-5-6-7-8-9-10-11-12-13-14-15(2,3)16-4;1-2/h1-20,31-36H;5-14H2,1-4H3;1-2H3. The van der Waals surface area contributed by atoms with Crippen LogP contribution in [-0.4, -0.2) is 33.1 Å². The quantitative estimate of drug-likeness (QED) is 0.0564. The average Bonchev–Trinajstić information content (AvgIpc) is 3.19. The van der Waals surface area contributed by atoms with Gasteiger partial charge in [0.05, 0.1) is 5.60 Å². The zero-order valence-electron chi connectivity index (χ0n) is 33.5. The number of benzene rings is 5. The van der Waals surface area contributed by atoms with Gasteiger partial charge < -0.3 is 25.2 Å². The van der Waals surface area contributed by atoms with Gasteiger partial charge in [0.15, 0.2) is 0 Å². The van der Waals surface area contributed by atoms with Gasteiger partial charge in [0.25, 0.3) is 0 Å². The lowest BCUT2D eigenvalue weighted by molar-refractivity contribution is 0.0134. The summed E-state index contributed by atoms with van der Waals surface area (Å²) in [6, 6.07) is 37.2. The molecule has 54 heavy (non-hydrogen) atoms. The van der Waals surface area contributed by atoms with Crippen molar-refractivity contribution in [2.24, 2.45) is 0 Å². The van der Waals surface area contributed by atoms with Crippen molar-refractivity contribution < 1.29 is 25.2 Å². The van der Waals surface area contributed by atoms with Gasteiger partial charge in [-0.2, -0.15) is 0 Å². The molecule has 5 aromatic carbocycles. The van der Waals surface area contributed by atoms with Crippen LogP contribution in [0.3, 0.4) is 0 Å². The summed E-state index contributed by atoms with van der Waals surface area (Å²) in [5, 5.41) is 39.2. The van der Waals surface area contributed by atoms with Crippen molar-refractivity contribution in [3.05, 3.63) is 155 Å². The van der Waals surface area contributed by atoms with Gasteiger partial charge in [-0.3, -0.25) is 0 Å². The van der Waals surface area contributed by atoms with E-state index >= 15 is 0 Å². The van der Waals surface area contributed by atoms with Gasteiger partial charge in [0, 0.05) is 18.9 Å². The molecule has 0 fully saturated rings. The Kier molecular flexibility index (Phi) is 18.7. The summed E-state index contributed by atoms with van der Waals surface area (Å²) in [4.78, 5) is 0. The average molecular weight is 733 g/mol. The van der Waals surface area contributed by atoms with Crippen LogP contribution >= 0.6 is 0 Å². The Bertz CT molecular complexity index is 1500. The van der Waals surface area contributed by atoms with Gasteiger partial charge in [-0.25, -0.2) is 0 Å². The number of phenolic OH excluding ortho intramolecular Hbond substituents is 4. The fourth-order valence-electron chi connectivity index (χ4n) is 6.67. The fourth-order valence-corrected chi connectivity index (χ4v) is 6.67. The van der Waals surface area contributed by atoms with E-state index in [4.69, 9.17) is 4.74 Å². The molecule has 0 bridgehead atoms. The molecule has 0 amide bonds. The summed E-state index contributed by atoms with van der Waals surface area (Å²) in [5.74, 6) is 0.684. The topological polar surface area (TPSA) is 90.2 Å². The number of hydrogen-bond acceptors (Lipinski definition) is 5. The molecule has 0 saturated carbocycles. The van der Waals surface area contributed by atoms with E-state index in [-0.39, 0.29) is 40.4 Å². The van der Waals surface area contributed by atoms with Crippen molar-refractivity contribution in [2.75, 3.05) is 7.11 Å². The van der Waals surface area contributed by atoms with Crippen LogP contribution < -0.4 is 0 Å². The molecule has 0 heterocycles. The minimum absolute atomic E-state index is 0.0824. The molecule has 0 aliphatic rings. The zero-order chi connectivity index (χ0) is 39.3. The lowest BCUT2D eigenvalue weighted by atomic mass is 9.81. The number of aromatic hydroxyl groups is 4. The molecule has 0 radical (unpaired) electrons. The lowest BCUT2D eigenvalue weighted by Crippen LogP contribution is -2.21. The van der Waals surface area contributed by atoms with Crippen LogP contribution in [0.4, 0.5) is 0 Å². The van der Waals surface area contributed by atoms with Crippen LogP contribution in [0.5, 0.6) is 23.0 Å². The summed E-state index contributed by atoms with van der Waals surface area (Å²) >= 11 is 0. The van der Waals surface area contributed by atoms with Crippen LogP contribution in [0.2, 0.25) is 0 Å². The first-order valence-corrected chi connectivity index (χ1v) is 19.9. The van der Waals surface area contributed by atoms with Gasteiger partial charge >= 0.3 is 0 Å². The highest BCUT2D eigenvalue weighted by Gasteiger charge is 2.21. The molecule has 0 atom stereocenters. The first-order chi connectivity index (χ1) is 26.1. The highest BCUT2D eigenvalue weighted by atomic mass is 16.5. The minimum atomic E-state index is -0.0824. The van der Waals surface area contributed by atoms with Gasteiger partial charge in [0.2, 0.25) is 0 Å². The summed E-state index contributed by atoms with van der Waals surface area (Å²) < 4.78 is 5.41. The molecular formula is C49H64O5. The molecule has 5 aromatic rings. The largest absolute Gasteiger partial charge is 0.508 e. The van der Waals surface area contributed by atoms with Crippen LogP contribution in [0.25, 0.3) is 0 Å². The zero-order valence-corrected chi connectivity index (χ0v) is 33.5. The SMILES string of the molecule is CC.CCCCCCCCCCCC(C)(C)OC.Oc1ccc(C(c2ccc(O)cc2)c2ccc(C(c3ccc(O)cc3)c3ccc(O)cc3)cc2)cc1. The third-order valence-electron chi connectivity index (χ3n) is 9.94. The maximum Gasteiger partial charge on any atom is 0.115 e. The molecule has 4 N–H and O–H groups in total. The molecule has 0 aliphatic carbocycles. The molecular weight excluding hydrogens is 669 g/mol. The van der Waals surface area contributed by atoms with Gasteiger partial charge in [-0.15, -0.1) is 0 Å². The highest BCUT2D eigenvalue weighted by molar-refractivity contribution is 5.49. The molecule has 0 spiro atoms. The monoisotopic (exact) mass is 732 g/mol. The number of methoxy groups -OCH3 is 1. The van der Waals surface area contributed by atoms with Crippen LogP contribution in [0, 0.1) is 0 Å². The predicted molar refractivity (Wildman–Crippen MR) is 225 cm³/mol. The van der Waals surface area contributed by atoms with E-state index in [1.54, 1.807) is 48.5 Å². The van der Waals surface area contributed by atoms with E-state index in [2.05, 4.69) is 45.0 Å². The minimum Gasteiger partial charge on any atom is -0.508 e. The normalized spacial score (nSPS) is 11.1. The van der Waals surface area contributed by atoms with Crippen molar-refractivity contribution in [3.8, 4) is 23.0 Å². The maximum atomic E-state index is 9.80. The molecule has 0 unspecified atom stereocenters. The van der Waals surface area contributed by atoms with E-state index in [0.29, 0.717) is 0 Å². The number of rotatable bonds is 17. The molecule has 5 nitrogen and oxygen atoms in total. The molecule has 290 valence electrons. The lowest BCUT2D eigenvalue weighted by Gasteiger charge is -2.22. The highest BCUT2D eigenvalue weighted by Crippen LogP contribution is 2.37. The van der Waals surface area contributed by atoms with Crippen LogP contribution in [0.15, 0.2) is 121 Å². The summed E-state index contributed by atoms with van der Waals surface area (Å²) in [5.41, 5.74) is 6.34. The van der Waals surface area contributed by atoms with Crippen LogP contribution in [-0.2, 0) is 4.74 Å². The second-order valence-corrected chi connectivity index (χ2v) is 14.4. The van der Waals surface area contributed by atoms with Gasteiger partial charge in [-0.05, 0) is 102 Å². The Morgan fingerprint density at radius 1 is 0.407 bits per heavy atom. The van der Waals surface area contributed by atoms with Crippen LogP contribution in [0.1, 0.15) is 144 Å². The first-order valence-electron chi connectivity index (χ1n) is 19.9. The first kappa shape index (κ1) is 43.7. The number of unbranched alkanes of at least 4 members (excludes halogenated alkanes) is 8. The Morgan fingerprint density at radius 2 is 0.630 bits per heavy atom. The van der Waals surface area contributed by atoms with Crippen molar-refractivity contribution in [2.45, 2.75) is 116 Å². The molecule has 0 aliphatic heterocycles. The van der Waals surface area contributed by atoms with E-state index in [0.717, 1.165) is 33.4 Å². The van der Waals surface area contributed by atoms with E-state index < -0.39 is 0 Å². The summed E-state index contributed by atoms with van der Waals surface area (Å²) in [7, 11) is 1.81. The molecule has 5 heteroatoms. The summed E-state index contributed by atoms with van der Waals surface area (Å²) in [6.07, 6.45) is 13.8. The van der Waals surface area contributed by atoms with Gasteiger partial charge in [-0.1, -0.05) is 151 Å². The number of phenols is 4. The Balaban J connectivity index is 0.000000369. The Labute approximate surface area is 325 Å². The van der Waals surface area contributed by atoms with E-state index in [1.165, 1.54) is 64.2 Å². The molecule has 0 aromatic heterocycles. The summed E-state index contributed by atoms with van der Waals surface area (Å²) in [6.45, 7) is 10.6.